The second kappa shape index (κ2) is 7.92. The molecule has 0 saturated carbocycles. The molecule has 140 valence electrons. The molecule has 0 aliphatic heterocycles. The maximum Gasteiger partial charge on any atom is 0.269 e. The van der Waals surface area contributed by atoms with Crippen molar-refractivity contribution in [2.45, 2.75) is 20.0 Å². The Hall–Kier alpha value is -3.67. The first-order chi connectivity index (χ1) is 13.7. The van der Waals surface area contributed by atoms with Crippen molar-refractivity contribution in [3.63, 3.8) is 0 Å². The first-order valence-electron chi connectivity index (χ1n) is 9.11. The van der Waals surface area contributed by atoms with Gasteiger partial charge in [0.2, 0.25) is 0 Å². The smallest absolute Gasteiger partial charge is 0.269 e. The lowest BCUT2D eigenvalue weighted by atomic mass is 10.1. The molecule has 0 aliphatic carbocycles. The number of carbonyl (C=O) groups is 1. The third kappa shape index (κ3) is 4.17. The largest absolute Gasteiger partial charge is 0.347 e. The second-order valence-electron chi connectivity index (χ2n) is 6.77. The van der Waals surface area contributed by atoms with Crippen molar-refractivity contribution in [2.75, 3.05) is 0 Å². The van der Waals surface area contributed by atoms with E-state index < -0.39 is 0 Å². The topological polar surface area (TPSA) is 75.6 Å². The number of imidazole rings is 1. The lowest BCUT2D eigenvalue weighted by Gasteiger charge is -2.06. The number of carbonyl (C=O) groups excluding carboxylic acids is 1. The Bertz CT molecular complexity index is 1050. The molecule has 0 atom stereocenters. The Morgan fingerprint density at radius 1 is 1.07 bits per heavy atom. The van der Waals surface area contributed by atoms with Gasteiger partial charge in [0.15, 0.2) is 0 Å². The molecule has 0 unspecified atom stereocenters. The fourth-order valence-corrected chi connectivity index (χ4v) is 2.94. The number of rotatable bonds is 6. The molecule has 6 nitrogen and oxygen atoms in total. The number of hydrogen-bond acceptors (Lipinski definition) is 3. The van der Waals surface area contributed by atoms with Crippen LogP contribution in [0.25, 0.3) is 11.3 Å². The molecule has 6 heteroatoms. The van der Waals surface area contributed by atoms with Gasteiger partial charge in [0.1, 0.15) is 5.69 Å². The molecule has 2 aromatic heterocycles. The van der Waals surface area contributed by atoms with Gasteiger partial charge in [-0.05, 0) is 24.1 Å². The molecule has 0 saturated heterocycles. The first-order valence-corrected chi connectivity index (χ1v) is 9.11. The monoisotopic (exact) mass is 371 g/mol. The third-order valence-corrected chi connectivity index (χ3v) is 4.57. The van der Waals surface area contributed by atoms with Crippen LogP contribution in [0.1, 0.15) is 27.2 Å². The first kappa shape index (κ1) is 17.7. The number of aromatic nitrogens is 4. The van der Waals surface area contributed by atoms with Crippen molar-refractivity contribution in [1.29, 1.82) is 0 Å². The number of aromatic amines is 1. The van der Waals surface area contributed by atoms with Crippen molar-refractivity contribution in [3.8, 4) is 11.3 Å². The van der Waals surface area contributed by atoms with Gasteiger partial charge >= 0.3 is 0 Å². The van der Waals surface area contributed by atoms with Gasteiger partial charge < -0.3 is 9.88 Å². The Morgan fingerprint density at radius 2 is 1.82 bits per heavy atom. The van der Waals surface area contributed by atoms with Crippen LogP contribution in [0.15, 0.2) is 73.3 Å². The highest BCUT2D eigenvalue weighted by atomic mass is 16.1. The van der Waals surface area contributed by atoms with Gasteiger partial charge in [0.05, 0.1) is 12.0 Å². The van der Waals surface area contributed by atoms with Gasteiger partial charge in [0.25, 0.3) is 5.91 Å². The van der Waals surface area contributed by atoms with E-state index in [1.807, 2.05) is 54.1 Å². The number of nitrogens with zero attached hydrogens (tertiary/aromatic N) is 3. The number of aryl methyl sites for hydroxylation is 1. The highest BCUT2D eigenvalue weighted by molar-refractivity contribution is 5.93. The van der Waals surface area contributed by atoms with Crippen molar-refractivity contribution in [3.05, 3.63) is 95.7 Å². The van der Waals surface area contributed by atoms with Crippen LogP contribution >= 0.6 is 0 Å². The molecule has 1 amide bonds. The Morgan fingerprint density at radius 3 is 2.54 bits per heavy atom. The van der Waals surface area contributed by atoms with Gasteiger partial charge in [-0.25, -0.2) is 4.98 Å². The van der Waals surface area contributed by atoms with E-state index in [0.29, 0.717) is 12.2 Å². The summed E-state index contributed by atoms with van der Waals surface area (Å²) in [5, 5.41) is 9.99. The van der Waals surface area contributed by atoms with E-state index in [0.717, 1.165) is 23.4 Å². The highest BCUT2D eigenvalue weighted by Gasteiger charge is 2.11. The van der Waals surface area contributed by atoms with E-state index in [-0.39, 0.29) is 5.91 Å². The minimum atomic E-state index is -0.173. The average molecular weight is 371 g/mol. The number of hydrogen-bond donors (Lipinski definition) is 2. The van der Waals surface area contributed by atoms with Crippen LogP contribution in [-0.4, -0.2) is 25.7 Å². The quantitative estimate of drug-likeness (QED) is 0.544. The Kier molecular flexibility index (Phi) is 5.01. The molecule has 4 rings (SSSR count). The van der Waals surface area contributed by atoms with Crippen LogP contribution in [0.2, 0.25) is 0 Å². The van der Waals surface area contributed by atoms with Gasteiger partial charge in [-0.3, -0.25) is 9.89 Å². The Labute approximate surface area is 163 Å². The zero-order valence-electron chi connectivity index (χ0n) is 15.6. The standard InChI is InChI=1S/C22H21N5O/c1-16-2-8-19(9-3-16)20-12-21(26-25-20)22(28)24-13-17-4-6-18(7-5-17)14-27-11-10-23-15-27/h2-12,15H,13-14H2,1H3,(H,24,28)(H,25,26). The molecule has 4 aromatic rings. The predicted molar refractivity (Wildman–Crippen MR) is 108 cm³/mol. The third-order valence-electron chi connectivity index (χ3n) is 4.57. The molecule has 2 N–H and O–H groups in total. The van der Waals surface area contributed by atoms with Crippen molar-refractivity contribution in [1.82, 2.24) is 25.1 Å². The second-order valence-corrected chi connectivity index (χ2v) is 6.77. The minimum Gasteiger partial charge on any atom is -0.347 e. The summed E-state index contributed by atoms with van der Waals surface area (Å²) in [7, 11) is 0. The van der Waals surface area contributed by atoms with Crippen LogP contribution in [-0.2, 0) is 13.1 Å². The van der Waals surface area contributed by atoms with Gasteiger partial charge in [-0.1, -0.05) is 54.1 Å². The summed E-state index contributed by atoms with van der Waals surface area (Å²) >= 11 is 0. The molecule has 0 aliphatic rings. The van der Waals surface area contributed by atoms with Crippen LogP contribution in [0.5, 0.6) is 0 Å². The van der Waals surface area contributed by atoms with E-state index in [4.69, 9.17) is 0 Å². The Balaban J connectivity index is 1.34. The van der Waals surface area contributed by atoms with Crippen LogP contribution in [0, 0.1) is 6.92 Å². The summed E-state index contributed by atoms with van der Waals surface area (Å²) < 4.78 is 2.01. The van der Waals surface area contributed by atoms with Crippen LogP contribution in [0.3, 0.4) is 0 Å². The summed E-state index contributed by atoms with van der Waals surface area (Å²) in [6, 6.07) is 18.0. The lowest BCUT2D eigenvalue weighted by Crippen LogP contribution is -2.23. The van der Waals surface area contributed by atoms with Crippen molar-refractivity contribution < 1.29 is 4.79 Å². The predicted octanol–water partition coefficient (Wildman–Crippen LogP) is 3.56. The summed E-state index contributed by atoms with van der Waals surface area (Å²) in [4.78, 5) is 16.4. The maximum atomic E-state index is 12.4. The van der Waals surface area contributed by atoms with E-state index in [9.17, 15) is 4.79 Å². The van der Waals surface area contributed by atoms with Crippen molar-refractivity contribution >= 4 is 5.91 Å². The summed E-state index contributed by atoms with van der Waals surface area (Å²) in [5.41, 5.74) is 5.61. The lowest BCUT2D eigenvalue weighted by molar-refractivity contribution is 0.0946. The van der Waals surface area contributed by atoms with Crippen LogP contribution < -0.4 is 5.32 Å². The molecule has 2 aromatic carbocycles. The number of benzene rings is 2. The number of amides is 1. The molecule has 2 heterocycles. The number of H-pyrrole nitrogens is 1. The normalized spacial score (nSPS) is 10.8. The van der Waals surface area contributed by atoms with Gasteiger partial charge in [0, 0.05) is 31.0 Å². The zero-order chi connectivity index (χ0) is 19.3. The molecule has 28 heavy (non-hydrogen) atoms. The maximum absolute atomic E-state index is 12.4. The minimum absolute atomic E-state index is 0.173. The molecule has 0 fully saturated rings. The molecular formula is C22H21N5O. The average Bonchev–Trinajstić information content (AvgIpc) is 3.40. The molecular weight excluding hydrogens is 350 g/mol. The summed E-state index contributed by atoms with van der Waals surface area (Å²) in [6.45, 7) is 3.28. The van der Waals surface area contributed by atoms with Gasteiger partial charge in [-0.15, -0.1) is 0 Å². The fraction of sp³-hybridized carbons (Fsp3) is 0.136. The van der Waals surface area contributed by atoms with Gasteiger partial charge in [-0.2, -0.15) is 5.10 Å². The van der Waals surface area contributed by atoms with E-state index in [1.54, 1.807) is 18.6 Å². The molecule has 0 radical (unpaired) electrons. The summed E-state index contributed by atoms with van der Waals surface area (Å²) in [6.07, 6.45) is 5.50. The van der Waals surface area contributed by atoms with Crippen molar-refractivity contribution in [2.24, 2.45) is 0 Å². The molecule has 0 bridgehead atoms. The summed E-state index contributed by atoms with van der Waals surface area (Å²) in [5.74, 6) is -0.173. The zero-order valence-corrected chi connectivity index (χ0v) is 15.6. The number of nitrogens with one attached hydrogen (secondary N) is 2. The van der Waals surface area contributed by atoms with E-state index >= 15 is 0 Å². The SMILES string of the molecule is Cc1ccc(-c2cc(C(=O)NCc3ccc(Cn4ccnc4)cc3)[nH]n2)cc1. The highest BCUT2D eigenvalue weighted by Crippen LogP contribution is 2.18. The molecule has 0 spiro atoms. The fourth-order valence-electron chi connectivity index (χ4n) is 2.94. The van der Waals surface area contributed by atoms with E-state index in [2.05, 4.69) is 32.6 Å². The van der Waals surface area contributed by atoms with E-state index in [1.165, 1.54) is 11.1 Å². The van der Waals surface area contributed by atoms with Crippen LogP contribution in [0.4, 0.5) is 0 Å².